The van der Waals surface area contributed by atoms with Gasteiger partial charge in [-0.15, -0.1) is 0 Å². The maximum atomic E-state index is 12.1. The smallest absolute Gasteiger partial charge is 0.303 e. The lowest BCUT2D eigenvalue weighted by Gasteiger charge is -2.22. The first kappa shape index (κ1) is 61.1. The molecule has 4 atom stereocenters. The fourth-order valence-corrected chi connectivity index (χ4v) is 13.0. The number of rotatable bonds is 18. The summed E-state index contributed by atoms with van der Waals surface area (Å²) in [7, 11) is 0. The largest absolute Gasteiger partial charge is 0.481 e. The van der Waals surface area contributed by atoms with Crippen molar-refractivity contribution in [3.8, 4) is 0 Å². The van der Waals surface area contributed by atoms with Crippen molar-refractivity contribution in [1.29, 1.82) is 0 Å². The SMILES string of the molecule is CC1=C(CCC(=O)O)c2cc3nc(cc4[nH]c(cc5[nH]c(cc1n2)c(C)c5[C@@H](C)O)c(C)c4[C@@H](C)O[C@H](C)C1=C(C)c2cc4nc(cc5[nH]c(cc6[nH]c(cc1n2)c(C)c6[C@@H](C)O)c(C)c5CCC(=O)O)C(CCC(=O)O)=C4C)C(C)=C3CCC(=O)O. The van der Waals surface area contributed by atoms with Crippen LogP contribution in [0.5, 0.6) is 0 Å². The summed E-state index contributed by atoms with van der Waals surface area (Å²) < 4.78 is 7.26. The Morgan fingerprint density at radius 2 is 0.701 bits per heavy atom. The van der Waals surface area contributed by atoms with E-state index in [-0.39, 0.29) is 51.4 Å². The highest BCUT2D eigenvalue weighted by Crippen LogP contribution is 2.43. The van der Waals surface area contributed by atoms with Gasteiger partial charge in [-0.05, 0) is 224 Å². The Morgan fingerprint density at radius 3 is 1.16 bits per heavy atom. The molecule has 0 saturated heterocycles. The quantitative estimate of drug-likeness (QED) is 0.0382. The van der Waals surface area contributed by atoms with E-state index in [1.807, 2.05) is 118 Å². The highest BCUT2D eigenvalue weighted by Gasteiger charge is 2.30. The Balaban J connectivity index is 1.18. The first-order chi connectivity index (χ1) is 41.2. The fraction of sp³-hybridized carbons (Fsp3) is 0.353. The van der Waals surface area contributed by atoms with Crippen molar-refractivity contribution in [2.24, 2.45) is 0 Å². The number of nitrogens with zero attached hydrogens (tertiary/aromatic N) is 4. The summed E-state index contributed by atoms with van der Waals surface area (Å²) in [4.78, 5) is 83.2. The Labute approximate surface area is 502 Å². The van der Waals surface area contributed by atoms with Crippen LogP contribution in [0.3, 0.4) is 0 Å². The van der Waals surface area contributed by atoms with E-state index < -0.39 is 48.3 Å². The molecule has 0 aliphatic carbocycles. The number of ether oxygens (including phenoxy) is 1. The molecule has 6 aromatic heterocycles. The molecule has 0 unspecified atom stereocenters. The van der Waals surface area contributed by atoms with Gasteiger partial charge < -0.3 is 55.3 Å². The lowest BCUT2D eigenvalue weighted by Crippen LogP contribution is -2.14. The average molecular weight is 1180 g/mol. The van der Waals surface area contributed by atoms with Gasteiger partial charge in [-0.25, -0.2) is 19.9 Å². The summed E-state index contributed by atoms with van der Waals surface area (Å²) in [6, 6.07) is 15.3. The van der Waals surface area contributed by atoms with Crippen molar-refractivity contribution in [1.82, 2.24) is 39.9 Å². The first-order valence-corrected chi connectivity index (χ1v) is 29.4. The Hall–Kier alpha value is -9.04. The van der Waals surface area contributed by atoms with Crippen LogP contribution in [0.1, 0.15) is 209 Å². The van der Waals surface area contributed by atoms with Crippen LogP contribution in [-0.2, 0) is 30.3 Å². The van der Waals surface area contributed by atoms with E-state index in [4.69, 9.17) is 24.7 Å². The number of carboxylic acid groups (broad SMARTS) is 4. The molecule has 452 valence electrons. The molecule has 4 aliphatic heterocycles. The molecule has 16 bridgehead atoms. The van der Waals surface area contributed by atoms with Crippen molar-refractivity contribution in [3.05, 3.63) is 139 Å². The van der Waals surface area contributed by atoms with E-state index in [1.54, 1.807) is 13.8 Å². The van der Waals surface area contributed by atoms with E-state index in [2.05, 4.69) is 19.9 Å². The monoisotopic (exact) mass is 1180 g/mol. The number of carbonyl (C=O) groups is 4. The van der Waals surface area contributed by atoms with Crippen LogP contribution in [0, 0.1) is 27.7 Å². The number of hydrogen-bond donors (Lipinski definition) is 10. The number of carboxylic acids is 4. The zero-order chi connectivity index (χ0) is 62.8. The molecule has 10 rings (SSSR count). The van der Waals surface area contributed by atoms with Gasteiger partial charge in [-0.2, -0.15) is 0 Å². The zero-order valence-corrected chi connectivity index (χ0v) is 51.1. The zero-order valence-electron chi connectivity index (χ0n) is 51.1. The molecule has 0 saturated carbocycles. The molecular formula is C68H74N8O11. The second-order valence-corrected chi connectivity index (χ2v) is 23.4. The molecule has 0 aromatic carbocycles. The van der Waals surface area contributed by atoms with Crippen LogP contribution in [-0.4, -0.2) is 100 Å². The number of aliphatic carboxylic acids is 4. The molecule has 4 aliphatic rings. The number of aromatic amines is 4. The predicted octanol–water partition coefficient (Wildman–Crippen LogP) is 13.8. The lowest BCUT2D eigenvalue weighted by atomic mass is 9.98. The Kier molecular flexibility index (Phi) is 16.9. The van der Waals surface area contributed by atoms with Gasteiger partial charge in [0.2, 0.25) is 0 Å². The van der Waals surface area contributed by atoms with Crippen molar-refractivity contribution in [2.75, 3.05) is 0 Å². The predicted molar refractivity (Wildman–Crippen MR) is 338 cm³/mol. The Morgan fingerprint density at radius 1 is 0.379 bits per heavy atom. The van der Waals surface area contributed by atoms with E-state index >= 15 is 0 Å². The number of nitrogens with one attached hydrogen (secondary N) is 4. The van der Waals surface area contributed by atoms with Gasteiger partial charge in [0, 0.05) is 92.1 Å². The number of aliphatic hydroxyl groups excluding tert-OH is 2. The van der Waals surface area contributed by atoms with Crippen LogP contribution in [0.15, 0.2) is 48.5 Å². The molecule has 0 radical (unpaired) electrons. The molecule has 6 aromatic rings. The lowest BCUT2D eigenvalue weighted by molar-refractivity contribution is -0.137. The summed E-state index contributed by atoms with van der Waals surface area (Å²) in [6.07, 6.45) is -2.74. The standard InChI is InChI=1S/C68H74N8O11/c1-29-41(13-17-61(79)80)53-28-56-44(16-20-64(85)86)32(4)48(72-56)24-59-68(36(8)52(76-59)25-58-65(37(9)77)33(5)49(73-58)21-45(29)69-53)40(12)87-39(11)67-35(7)50-22-46-30(2)42(14-18-62(81)82)54(70-46)27-55-43(15-19-63(83)84)31(3)47(71-55)23-57-66(38(10)78)34(6)51(74-57)26-60(67)75-50/h21-28,37-40,71,73-74,76-78H,13-20H2,1-12H3,(H,79,80)(H,81,82)(H,83,84)(H,85,86)/t37-,38-,39-,40-/m1/s1. The normalized spacial score (nSPS) is 15.0. The van der Waals surface area contributed by atoms with Gasteiger partial charge in [0.1, 0.15) is 0 Å². The number of H-pyrrole nitrogens is 4. The highest BCUT2D eigenvalue weighted by atomic mass is 16.5. The number of aromatic nitrogens is 8. The number of allylic oxidation sites excluding steroid dienone is 7. The number of aryl methyl sites for hydroxylation is 5. The van der Waals surface area contributed by atoms with Crippen LogP contribution in [0.2, 0.25) is 0 Å². The fourth-order valence-electron chi connectivity index (χ4n) is 13.0. The highest BCUT2D eigenvalue weighted by molar-refractivity contribution is 5.99. The minimum Gasteiger partial charge on any atom is -0.481 e. The number of fused-ring (bicyclic) bond motifs is 16. The van der Waals surface area contributed by atoms with Gasteiger partial charge in [0.25, 0.3) is 0 Å². The second-order valence-electron chi connectivity index (χ2n) is 23.4. The molecule has 87 heavy (non-hydrogen) atoms. The topological polar surface area (TPSA) is 314 Å². The molecule has 0 fully saturated rings. The van der Waals surface area contributed by atoms with Crippen molar-refractivity contribution >= 4 is 113 Å². The first-order valence-electron chi connectivity index (χ1n) is 29.4. The van der Waals surface area contributed by atoms with Crippen LogP contribution >= 0.6 is 0 Å². The summed E-state index contributed by atoms with van der Waals surface area (Å²) >= 11 is 0. The average Bonchev–Trinajstić information content (AvgIpc) is 1.74. The second kappa shape index (κ2) is 24.0. The van der Waals surface area contributed by atoms with Gasteiger partial charge >= 0.3 is 23.9 Å². The summed E-state index contributed by atoms with van der Waals surface area (Å²) in [5.41, 5.74) is 22.4. The third-order valence-corrected chi connectivity index (χ3v) is 17.7. The van der Waals surface area contributed by atoms with E-state index in [9.17, 15) is 49.8 Å². The van der Waals surface area contributed by atoms with Crippen LogP contribution < -0.4 is 0 Å². The summed E-state index contributed by atoms with van der Waals surface area (Å²) in [5, 5.41) is 62.2. The van der Waals surface area contributed by atoms with Crippen LogP contribution in [0.4, 0.5) is 0 Å². The maximum absolute atomic E-state index is 12.1. The van der Waals surface area contributed by atoms with Crippen LogP contribution in [0.25, 0.3) is 88.7 Å². The molecule has 10 heterocycles. The van der Waals surface area contributed by atoms with E-state index in [0.717, 1.165) is 83.5 Å². The van der Waals surface area contributed by atoms with E-state index in [0.29, 0.717) is 95.3 Å². The van der Waals surface area contributed by atoms with Gasteiger partial charge in [0.05, 0.1) is 70.0 Å². The third kappa shape index (κ3) is 11.9. The maximum Gasteiger partial charge on any atom is 0.303 e. The Bertz CT molecular complexity index is 4420. The minimum absolute atomic E-state index is 0.117. The van der Waals surface area contributed by atoms with Gasteiger partial charge in [-0.3, -0.25) is 19.2 Å². The minimum atomic E-state index is -0.965. The van der Waals surface area contributed by atoms with Gasteiger partial charge in [-0.1, -0.05) is 0 Å². The molecule has 0 spiro atoms. The summed E-state index contributed by atoms with van der Waals surface area (Å²) in [6.45, 7) is 22.9. The van der Waals surface area contributed by atoms with E-state index in [1.165, 1.54) is 0 Å². The summed E-state index contributed by atoms with van der Waals surface area (Å²) in [5.74, 6) is -3.83. The third-order valence-electron chi connectivity index (χ3n) is 17.7. The molecule has 19 heteroatoms. The van der Waals surface area contributed by atoms with Gasteiger partial charge in [0.15, 0.2) is 0 Å². The van der Waals surface area contributed by atoms with Crippen molar-refractivity contribution < 1.29 is 54.6 Å². The molecule has 10 N–H and O–H groups in total. The molecule has 19 nitrogen and oxygen atoms in total. The molecule has 0 amide bonds. The van der Waals surface area contributed by atoms with Crippen molar-refractivity contribution in [2.45, 2.75) is 159 Å². The molecular weight excluding hydrogens is 1100 g/mol. The number of hydrogen-bond acceptors (Lipinski definition) is 11. The van der Waals surface area contributed by atoms with Crippen molar-refractivity contribution in [3.63, 3.8) is 0 Å². The number of aliphatic hydroxyl groups is 2.